The van der Waals surface area contributed by atoms with Gasteiger partial charge in [0.1, 0.15) is 18.1 Å². The first-order valence-electron chi connectivity index (χ1n) is 6.83. The standard InChI is InChI=1S/C15H21NO4/c1-3-19-12-5-4-6-13(9-12)20-10-15(16,11-7-8-11)14(17)18-2/h4-6,9,11H,3,7-8,10,16H2,1-2H3. The van der Waals surface area contributed by atoms with Crippen molar-refractivity contribution in [1.29, 1.82) is 0 Å². The fourth-order valence-corrected chi connectivity index (χ4v) is 2.16. The Bertz CT molecular complexity index is 473. The largest absolute Gasteiger partial charge is 0.494 e. The normalized spacial score (nSPS) is 17.1. The molecular formula is C15H21NO4. The molecule has 5 nitrogen and oxygen atoms in total. The minimum absolute atomic E-state index is 0.111. The molecule has 20 heavy (non-hydrogen) atoms. The minimum Gasteiger partial charge on any atom is -0.494 e. The van der Waals surface area contributed by atoms with E-state index < -0.39 is 11.5 Å². The van der Waals surface area contributed by atoms with E-state index in [1.54, 1.807) is 6.07 Å². The molecule has 0 spiro atoms. The van der Waals surface area contributed by atoms with Gasteiger partial charge in [-0.3, -0.25) is 0 Å². The van der Waals surface area contributed by atoms with Crippen molar-refractivity contribution in [3.63, 3.8) is 0 Å². The summed E-state index contributed by atoms with van der Waals surface area (Å²) < 4.78 is 15.9. The van der Waals surface area contributed by atoms with Gasteiger partial charge >= 0.3 is 5.97 Å². The molecule has 0 saturated heterocycles. The highest BCUT2D eigenvalue weighted by Gasteiger charge is 2.49. The van der Waals surface area contributed by atoms with E-state index in [1.165, 1.54) is 7.11 Å². The second-order valence-corrected chi connectivity index (χ2v) is 5.00. The van der Waals surface area contributed by atoms with Gasteiger partial charge in [-0.15, -0.1) is 0 Å². The van der Waals surface area contributed by atoms with Gasteiger partial charge in [0, 0.05) is 6.07 Å². The summed E-state index contributed by atoms with van der Waals surface area (Å²) in [5.74, 6) is 1.10. The number of rotatable bonds is 7. The summed E-state index contributed by atoms with van der Waals surface area (Å²) in [5, 5.41) is 0. The topological polar surface area (TPSA) is 70.8 Å². The highest BCUT2D eigenvalue weighted by molar-refractivity contribution is 5.81. The van der Waals surface area contributed by atoms with Gasteiger partial charge in [0.15, 0.2) is 5.54 Å². The number of hydrogen-bond donors (Lipinski definition) is 1. The van der Waals surface area contributed by atoms with E-state index in [-0.39, 0.29) is 12.5 Å². The van der Waals surface area contributed by atoms with Crippen molar-refractivity contribution >= 4 is 5.97 Å². The van der Waals surface area contributed by atoms with Crippen LogP contribution in [0.4, 0.5) is 0 Å². The maximum Gasteiger partial charge on any atom is 0.329 e. The van der Waals surface area contributed by atoms with Crippen molar-refractivity contribution in [2.45, 2.75) is 25.3 Å². The Morgan fingerprint density at radius 2 is 2.00 bits per heavy atom. The van der Waals surface area contributed by atoms with E-state index in [0.717, 1.165) is 18.6 Å². The average Bonchev–Trinajstić information content (AvgIpc) is 3.29. The van der Waals surface area contributed by atoms with E-state index in [4.69, 9.17) is 19.9 Å². The van der Waals surface area contributed by atoms with Gasteiger partial charge in [-0.05, 0) is 37.8 Å². The summed E-state index contributed by atoms with van der Waals surface area (Å²) in [4.78, 5) is 11.9. The predicted molar refractivity (Wildman–Crippen MR) is 74.8 cm³/mol. The molecule has 2 N–H and O–H groups in total. The van der Waals surface area contributed by atoms with Crippen LogP contribution in [0.25, 0.3) is 0 Å². The molecule has 0 aliphatic heterocycles. The summed E-state index contributed by atoms with van der Waals surface area (Å²) in [7, 11) is 1.35. The lowest BCUT2D eigenvalue weighted by Gasteiger charge is -2.26. The molecule has 0 aromatic heterocycles. The van der Waals surface area contributed by atoms with Crippen molar-refractivity contribution in [2.24, 2.45) is 11.7 Å². The first-order chi connectivity index (χ1) is 9.60. The van der Waals surface area contributed by atoms with Gasteiger partial charge in [-0.2, -0.15) is 0 Å². The molecule has 1 aliphatic carbocycles. The number of benzene rings is 1. The summed E-state index contributed by atoms with van der Waals surface area (Å²) in [6.07, 6.45) is 1.88. The van der Waals surface area contributed by atoms with Crippen molar-refractivity contribution in [2.75, 3.05) is 20.3 Å². The number of methoxy groups -OCH3 is 1. The third-order valence-corrected chi connectivity index (χ3v) is 3.47. The summed E-state index contributed by atoms with van der Waals surface area (Å²) in [6, 6.07) is 7.29. The van der Waals surface area contributed by atoms with Gasteiger partial charge in [-0.1, -0.05) is 6.07 Å². The van der Waals surface area contributed by atoms with Crippen LogP contribution in [-0.4, -0.2) is 31.8 Å². The molecule has 0 bridgehead atoms. The van der Waals surface area contributed by atoms with Crippen LogP contribution in [0.5, 0.6) is 11.5 Å². The van der Waals surface area contributed by atoms with Gasteiger partial charge in [0.25, 0.3) is 0 Å². The number of nitrogens with two attached hydrogens (primary N) is 1. The Morgan fingerprint density at radius 3 is 2.55 bits per heavy atom. The third-order valence-electron chi connectivity index (χ3n) is 3.47. The first kappa shape index (κ1) is 14.7. The van der Waals surface area contributed by atoms with Crippen LogP contribution in [0.15, 0.2) is 24.3 Å². The summed E-state index contributed by atoms with van der Waals surface area (Å²) >= 11 is 0. The molecule has 1 aromatic carbocycles. The highest BCUT2D eigenvalue weighted by Crippen LogP contribution is 2.39. The highest BCUT2D eigenvalue weighted by atomic mass is 16.5. The predicted octanol–water partition coefficient (Wildman–Crippen LogP) is 1.74. The molecular weight excluding hydrogens is 258 g/mol. The Balaban J connectivity index is 2.02. The number of ether oxygens (including phenoxy) is 3. The Hall–Kier alpha value is -1.75. The van der Waals surface area contributed by atoms with Gasteiger partial charge in [0.2, 0.25) is 0 Å². The molecule has 1 unspecified atom stereocenters. The minimum atomic E-state index is -1.06. The molecule has 0 amide bonds. The van der Waals surface area contributed by atoms with E-state index in [2.05, 4.69) is 0 Å². The fraction of sp³-hybridized carbons (Fsp3) is 0.533. The molecule has 1 aliphatic rings. The lowest BCUT2D eigenvalue weighted by molar-refractivity contribution is -0.149. The molecule has 0 radical (unpaired) electrons. The Kier molecular flexibility index (Phi) is 4.49. The molecule has 1 saturated carbocycles. The van der Waals surface area contributed by atoms with Crippen LogP contribution < -0.4 is 15.2 Å². The van der Waals surface area contributed by atoms with Crippen LogP contribution in [0.2, 0.25) is 0 Å². The molecule has 2 rings (SSSR count). The van der Waals surface area contributed by atoms with E-state index in [9.17, 15) is 4.79 Å². The lowest BCUT2D eigenvalue weighted by atomic mass is 9.96. The van der Waals surface area contributed by atoms with Gasteiger partial charge in [0.05, 0.1) is 13.7 Å². The number of carbonyl (C=O) groups excluding carboxylic acids is 1. The first-order valence-corrected chi connectivity index (χ1v) is 6.83. The second kappa shape index (κ2) is 6.13. The lowest BCUT2D eigenvalue weighted by Crippen LogP contribution is -2.55. The van der Waals surface area contributed by atoms with Crippen LogP contribution in [0.3, 0.4) is 0 Å². The van der Waals surface area contributed by atoms with Crippen molar-refractivity contribution in [3.8, 4) is 11.5 Å². The van der Waals surface area contributed by atoms with Crippen molar-refractivity contribution < 1.29 is 19.0 Å². The number of hydrogen-bond acceptors (Lipinski definition) is 5. The van der Waals surface area contributed by atoms with Gasteiger partial charge in [-0.25, -0.2) is 4.79 Å². The van der Waals surface area contributed by atoms with Crippen molar-refractivity contribution in [1.82, 2.24) is 0 Å². The van der Waals surface area contributed by atoms with Crippen LogP contribution >= 0.6 is 0 Å². The molecule has 1 aromatic rings. The zero-order chi connectivity index (χ0) is 14.6. The zero-order valence-corrected chi connectivity index (χ0v) is 11.9. The quantitative estimate of drug-likeness (QED) is 0.770. The van der Waals surface area contributed by atoms with E-state index >= 15 is 0 Å². The van der Waals surface area contributed by atoms with Crippen molar-refractivity contribution in [3.05, 3.63) is 24.3 Å². The molecule has 110 valence electrons. The summed E-state index contributed by atoms with van der Waals surface area (Å²) in [6.45, 7) is 2.62. The smallest absolute Gasteiger partial charge is 0.329 e. The van der Waals surface area contributed by atoms with E-state index in [0.29, 0.717) is 12.4 Å². The van der Waals surface area contributed by atoms with Crippen LogP contribution in [0.1, 0.15) is 19.8 Å². The number of esters is 1. The molecule has 1 atom stereocenters. The maximum absolute atomic E-state index is 11.9. The fourth-order valence-electron chi connectivity index (χ4n) is 2.16. The van der Waals surface area contributed by atoms with Crippen LogP contribution in [0, 0.1) is 5.92 Å². The van der Waals surface area contributed by atoms with Crippen LogP contribution in [-0.2, 0) is 9.53 Å². The Morgan fingerprint density at radius 1 is 1.35 bits per heavy atom. The average molecular weight is 279 g/mol. The third kappa shape index (κ3) is 3.22. The zero-order valence-electron chi connectivity index (χ0n) is 11.9. The number of carbonyl (C=O) groups is 1. The maximum atomic E-state index is 11.9. The Labute approximate surface area is 119 Å². The van der Waals surface area contributed by atoms with E-state index in [1.807, 2.05) is 25.1 Å². The van der Waals surface area contributed by atoms with Gasteiger partial charge < -0.3 is 19.9 Å². The summed E-state index contributed by atoms with van der Waals surface area (Å²) in [5.41, 5.74) is 5.11. The molecule has 1 fully saturated rings. The SMILES string of the molecule is CCOc1cccc(OCC(N)(C(=O)OC)C2CC2)c1. The molecule has 0 heterocycles. The monoisotopic (exact) mass is 279 g/mol. The molecule has 5 heteroatoms. The second-order valence-electron chi connectivity index (χ2n) is 5.00.